The Bertz CT molecular complexity index is 740. The van der Waals surface area contributed by atoms with Crippen LogP contribution in [0, 0.1) is 17.1 Å². The summed E-state index contributed by atoms with van der Waals surface area (Å²) in [5.41, 5.74) is -0.509. The predicted molar refractivity (Wildman–Crippen MR) is 89.0 cm³/mol. The Morgan fingerprint density at radius 3 is 2.42 bits per heavy atom. The number of carbonyl (C=O) groups excluding carboxylic acids is 1. The number of hydrogen-bond acceptors (Lipinski definition) is 5. The third-order valence-electron chi connectivity index (χ3n) is 3.44. The van der Waals surface area contributed by atoms with E-state index in [1.807, 2.05) is 6.07 Å². The summed E-state index contributed by atoms with van der Waals surface area (Å²) in [4.78, 5) is 12.8. The van der Waals surface area contributed by atoms with Crippen LogP contribution in [0.25, 0.3) is 0 Å². The zero-order chi connectivity index (χ0) is 17.6. The molecule has 0 fully saturated rings. The first-order valence-electron chi connectivity index (χ1n) is 7.15. The average molecular weight is 345 g/mol. The van der Waals surface area contributed by atoms with Crippen LogP contribution in [0.2, 0.25) is 0 Å². The number of esters is 1. The van der Waals surface area contributed by atoms with E-state index in [-0.39, 0.29) is 18.0 Å². The van der Waals surface area contributed by atoms with Gasteiger partial charge in [0.2, 0.25) is 0 Å². The Labute approximate surface area is 143 Å². The Balaban J connectivity index is 2.14. The van der Waals surface area contributed by atoms with Crippen LogP contribution in [0.3, 0.4) is 0 Å². The second-order valence-corrected chi connectivity index (χ2v) is 6.30. The molecule has 0 aliphatic heterocycles. The fourth-order valence-corrected chi connectivity index (χ4v) is 3.09. The number of nitriles is 1. The van der Waals surface area contributed by atoms with Gasteiger partial charge in [-0.2, -0.15) is 5.26 Å². The van der Waals surface area contributed by atoms with Crippen LogP contribution in [0.15, 0.2) is 53.4 Å². The van der Waals surface area contributed by atoms with Crippen molar-refractivity contribution in [1.82, 2.24) is 0 Å². The molecule has 2 rings (SSSR count). The summed E-state index contributed by atoms with van der Waals surface area (Å²) in [5, 5.41) is 19.6. The van der Waals surface area contributed by atoms with Crippen LogP contribution in [-0.4, -0.2) is 29.5 Å². The van der Waals surface area contributed by atoms with Crippen molar-refractivity contribution in [2.75, 3.05) is 12.9 Å². The van der Waals surface area contributed by atoms with Gasteiger partial charge in [0.1, 0.15) is 5.82 Å². The van der Waals surface area contributed by atoms with E-state index < -0.39 is 11.6 Å². The molecule has 4 nitrogen and oxygen atoms in total. The maximum absolute atomic E-state index is 12.9. The predicted octanol–water partition coefficient (Wildman–Crippen LogP) is 2.94. The standard InChI is InChI=1S/C18H16FNO3S/c1-23-17(21)18(22,10-13-2-4-14(11-20)5-3-13)12-24-16-8-6-15(19)7-9-16/h2-9,22H,10,12H2,1H3/t18-/m0/s1. The second-order valence-electron chi connectivity index (χ2n) is 5.25. The van der Waals surface area contributed by atoms with Gasteiger partial charge in [-0.05, 0) is 42.0 Å². The molecule has 0 radical (unpaired) electrons. The summed E-state index contributed by atoms with van der Waals surface area (Å²) in [6.45, 7) is 0. The molecule has 1 atom stereocenters. The topological polar surface area (TPSA) is 70.3 Å². The van der Waals surface area contributed by atoms with Crippen molar-refractivity contribution in [2.24, 2.45) is 0 Å². The highest BCUT2D eigenvalue weighted by Gasteiger charge is 2.37. The number of rotatable bonds is 6. The van der Waals surface area contributed by atoms with Crippen LogP contribution < -0.4 is 0 Å². The van der Waals surface area contributed by atoms with Gasteiger partial charge in [0.15, 0.2) is 5.60 Å². The maximum Gasteiger partial charge on any atom is 0.339 e. The van der Waals surface area contributed by atoms with E-state index in [0.717, 1.165) is 4.90 Å². The molecule has 2 aromatic rings. The first-order chi connectivity index (χ1) is 11.5. The van der Waals surface area contributed by atoms with Gasteiger partial charge in [-0.1, -0.05) is 12.1 Å². The molecule has 1 N–H and O–H groups in total. The molecule has 0 spiro atoms. The summed E-state index contributed by atoms with van der Waals surface area (Å²) in [5.74, 6) is -1.02. The first kappa shape index (κ1) is 18.0. The van der Waals surface area contributed by atoms with E-state index >= 15 is 0 Å². The summed E-state index contributed by atoms with van der Waals surface area (Å²) in [7, 11) is 1.22. The molecule has 0 aliphatic carbocycles. The van der Waals surface area contributed by atoms with E-state index in [1.165, 1.54) is 31.0 Å². The maximum atomic E-state index is 12.9. The SMILES string of the molecule is COC(=O)[C@@](O)(CSc1ccc(F)cc1)Cc1ccc(C#N)cc1. The highest BCUT2D eigenvalue weighted by atomic mass is 32.2. The minimum atomic E-state index is -1.72. The number of carbonyl (C=O) groups is 1. The number of ether oxygens (including phenoxy) is 1. The zero-order valence-electron chi connectivity index (χ0n) is 13.0. The lowest BCUT2D eigenvalue weighted by atomic mass is 9.96. The molecule has 0 aliphatic rings. The molecule has 0 amide bonds. The molecule has 0 unspecified atom stereocenters. The molecule has 0 aromatic heterocycles. The van der Waals surface area contributed by atoms with Crippen molar-refractivity contribution in [1.29, 1.82) is 5.26 Å². The molecule has 24 heavy (non-hydrogen) atoms. The van der Waals surface area contributed by atoms with E-state index in [1.54, 1.807) is 36.4 Å². The highest BCUT2D eigenvalue weighted by Crippen LogP contribution is 2.26. The smallest absolute Gasteiger partial charge is 0.339 e. The molecule has 0 saturated heterocycles. The summed E-state index contributed by atoms with van der Waals surface area (Å²) < 4.78 is 17.7. The molecule has 6 heteroatoms. The monoisotopic (exact) mass is 345 g/mol. The van der Waals surface area contributed by atoms with Gasteiger partial charge >= 0.3 is 5.97 Å². The quantitative estimate of drug-likeness (QED) is 0.644. The van der Waals surface area contributed by atoms with Crippen molar-refractivity contribution in [3.8, 4) is 6.07 Å². The Morgan fingerprint density at radius 1 is 1.25 bits per heavy atom. The van der Waals surface area contributed by atoms with Gasteiger partial charge in [0, 0.05) is 17.1 Å². The Morgan fingerprint density at radius 2 is 1.88 bits per heavy atom. The van der Waals surface area contributed by atoms with Gasteiger partial charge < -0.3 is 9.84 Å². The molecular formula is C18H16FNO3S. The van der Waals surface area contributed by atoms with Crippen LogP contribution >= 0.6 is 11.8 Å². The Kier molecular flexibility index (Phi) is 5.96. The second kappa shape index (κ2) is 7.95. The molecular weight excluding hydrogens is 329 g/mol. The van der Waals surface area contributed by atoms with Crippen LogP contribution in [0.4, 0.5) is 4.39 Å². The number of hydrogen-bond donors (Lipinski definition) is 1. The van der Waals surface area contributed by atoms with Crippen molar-refractivity contribution in [3.05, 3.63) is 65.5 Å². The lowest BCUT2D eigenvalue weighted by Gasteiger charge is -2.25. The number of thioether (sulfide) groups is 1. The van der Waals surface area contributed by atoms with Crippen LogP contribution in [0.5, 0.6) is 0 Å². The molecule has 0 saturated carbocycles. The molecule has 0 heterocycles. The van der Waals surface area contributed by atoms with E-state index in [0.29, 0.717) is 11.1 Å². The average Bonchev–Trinajstić information content (AvgIpc) is 2.61. The fraction of sp³-hybridized carbons (Fsp3) is 0.222. The zero-order valence-corrected chi connectivity index (χ0v) is 13.8. The van der Waals surface area contributed by atoms with Crippen molar-refractivity contribution in [3.63, 3.8) is 0 Å². The molecule has 2 aromatic carbocycles. The van der Waals surface area contributed by atoms with E-state index in [9.17, 15) is 14.3 Å². The highest BCUT2D eigenvalue weighted by molar-refractivity contribution is 7.99. The lowest BCUT2D eigenvalue weighted by Crippen LogP contribution is -2.44. The summed E-state index contributed by atoms with van der Waals surface area (Å²) in [6.07, 6.45) is 0.0551. The minimum Gasteiger partial charge on any atom is -0.467 e. The summed E-state index contributed by atoms with van der Waals surface area (Å²) in [6, 6.07) is 14.4. The van der Waals surface area contributed by atoms with Crippen molar-refractivity contribution >= 4 is 17.7 Å². The normalized spacial score (nSPS) is 12.9. The minimum absolute atomic E-state index is 0.0551. The number of halogens is 1. The van der Waals surface area contributed by atoms with Gasteiger partial charge in [-0.15, -0.1) is 11.8 Å². The fourth-order valence-electron chi connectivity index (χ4n) is 2.14. The Hall–Kier alpha value is -2.36. The van der Waals surface area contributed by atoms with Gasteiger partial charge in [0.25, 0.3) is 0 Å². The number of aliphatic hydroxyl groups is 1. The number of methoxy groups -OCH3 is 1. The summed E-state index contributed by atoms with van der Waals surface area (Å²) >= 11 is 1.24. The van der Waals surface area contributed by atoms with Crippen molar-refractivity contribution in [2.45, 2.75) is 16.9 Å². The van der Waals surface area contributed by atoms with Gasteiger partial charge in [-0.25, -0.2) is 9.18 Å². The van der Waals surface area contributed by atoms with Gasteiger partial charge in [0.05, 0.1) is 18.7 Å². The van der Waals surface area contributed by atoms with Gasteiger partial charge in [-0.3, -0.25) is 0 Å². The largest absolute Gasteiger partial charge is 0.467 e. The molecule has 124 valence electrons. The number of benzene rings is 2. The third-order valence-corrected chi connectivity index (χ3v) is 4.66. The van der Waals surface area contributed by atoms with Crippen LogP contribution in [0.1, 0.15) is 11.1 Å². The number of nitrogens with zero attached hydrogens (tertiary/aromatic N) is 1. The first-order valence-corrected chi connectivity index (χ1v) is 8.13. The lowest BCUT2D eigenvalue weighted by molar-refractivity contribution is -0.159. The van der Waals surface area contributed by atoms with E-state index in [2.05, 4.69) is 0 Å². The third kappa shape index (κ3) is 4.57. The van der Waals surface area contributed by atoms with Crippen LogP contribution in [-0.2, 0) is 16.0 Å². The van der Waals surface area contributed by atoms with Crippen molar-refractivity contribution < 1.29 is 19.0 Å². The van der Waals surface area contributed by atoms with E-state index in [4.69, 9.17) is 10.00 Å². The molecule has 0 bridgehead atoms.